The van der Waals surface area contributed by atoms with Crippen molar-refractivity contribution in [2.24, 2.45) is 11.0 Å². The number of aromatic nitrogens is 1. The summed E-state index contributed by atoms with van der Waals surface area (Å²) >= 11 is 0. The predicted octanol–water partition coefficient (Wildman–Crippen LogP) is 3.48. The molecule has 1 heterocycles. The van der Waals surface area contributed by atoms with Gasteiger partial charge in [0.15, 0.2) is 18.2 Å². The number of hydrogen-bond acceptors (Lipinski definition) is 8. The smallest absolute Gasteiger partial charge is 0.225 e. The summed E-state index contributed by atoms with van der Waals surface area (Å²) in [5.74, 6) is 6.03. The molecular weight excluding hydrogens is 422 g/mol. The van der Waals surface area contributed by atoms with Crippen LogP contribution in [0, 0.1) is 5.41 Å². The van der Waals surface area contributed by atoms with E-state index in [0.717, 1.165) is 5.01 Å². The summed E-state index contributed by atoms with van der Waals surface area (Å²) in [6.07, 6.45) is 0.975. The molecule has 1 amide bonds. The van der Waals surface area contributed by atoms with E-state index in [9.17, 15) is 4.79 Å². The molecule has 0 fully saturated rings. The second kappa shape index (κ2) is 13.3. The quantitative estimate of drug-likeness (QED) is 0.140. The summed E-state index contributed by atoms with van der Waals surface area (Å²) in [5, 5.41) is 16.2. The van der Waals surface area contributed by atoms with Gasteiger partial charge in [0.1, 0.15) is 5.82 Å². The molecule has 0 aliphatic rings. The molecule has 33 heavy (non-hydrogen) atoms. The van der Waals surface area contributed by atoms with E-state index in [-0.39, 0.29) is 30.1 Å². The van der Waals surface area contributed by atoms with E-state index in [4.69, 9.17) is 20.8 Å². The van der Waals surface area contributed by atoms with Crippen molar-refractivity contribution in [2.75, 3.05) is 19.0 Å². The van der Waals surface area contributed by atoms with Crippen LogP contribution in [0.3, 0.4) is 0 Å². The van der Waals surface area contributed by atoms with Gasteiger partial charge in [-0.15, -0.1) is 0 Å². The highest BCUT2D eigenvalue weighted by Crippen LogP contribution is 2.10. The summed E-state index contributed by atoms with van der Waals surface area (Å²) in [6.45, 7) is 6.53. The number of rotatable bonds is 10. The van der Waals surface area contributed by atoms with Crippen LogP contribution in [0.5, 0.6) is 0 Å². The Morgan fingerprint density at radius 3 is 2.52 bits per heavy atom. The fourth-order valence-electron chi connectivity index (χ4n) is 2.60. The maximum atomic E-state index is 12.1. The van der Waals surface area contributed by atoms with Crippen LogP contribution in [0.1, 0.15) is 44.9 Å². The van der Waals surface area contributed by atoms with E-state index in [1.807, 2.05) is 51.1 Å². The molecule has 10 heteroatoms. The zero-order valence-electron chi connectivity index (χ0n) is 19.8. The van der Waals surface area contributed by atoms with Crippen molar-refractivity contribution in [3.8, 4) is 0 Å². The van der Waals surface area contributed by atoms with Gasteiger partial charge in [0, 0.05) is 25.6 Å². The number of nitrogens with two attached hydrogens (primary N) is 1. The molecule has 0 radical (unpaired) electrons. The number of carbonyl (C=O) groups excluding carboxylic acids is 1. The van der Waals surface area contributed by atoms with E-state index in [2.05, 4.69) is 15.5 Å². The lowest BCUT2D eigenvalue weighted by atomic mass is 10.1. The van der Waals surface area contributed by atoms with E-state index in [0.29, 0.717) is 42.2 Å². The lowest BCUT2D eigenvalue weighted by Crippen LogP contribution is -2.38. The number of amidine groups is 1. The van der Waals surface area contributed by atoms with Crippen molar-refractivity contribution >= 4 is 23.3 Å². The molecule has 0 saturated heterocycles. The summed E-state index contributed by atoms with van der Waals surface area (Å²) in [6, 6.07) is 14.5. The molecule has 0 spiro atoms. The number of nitrogens with zero attached hydrogens (tertiary/aromatic N) is 3. The third-order valence-corrected chi connectivity index (χ3v) is 4.15. The van der Waals surface area contributed by atoms with Gasteiger partial charge >= 0.3 is 0 Å². The molecule has 180 valence electrons. The molecule has 0 unspecified atom stereocenters. The molecule has 7 N–H and O–H groups in total. The number of amides is 1. The van der Waals surface area contributed by atoms with Crippen LogP contribution in [-0.2, 0) is 21.0 Å². The first-order valence-electron chi connectivity index (χ1n) is 10.4. The molecule has 1 aromatic carbocycles. The predicted molar refractivity (Wildman–Crippen MR) is 130 cm³/mol. The van der Waals surface area contributed by atoms with Crippen LogP contribution in [0.2, 0.25) is 0 Å². The number of carbonyl (C=O) groups is 1. The van der Waals surface area contributed by atoms with Gasteiger partial charge in [-0.3, -0.25) is 15.2 Å². The lowest BCUT2D eigenvalue weighted by molar-refractivity contribution is -0.116. The minimum absolute atomic E-state index is 0. The monoisotopic (exact) mass is 457 g/mol. The topological polar surface area (TPSA) is 161 Å². The molecule has 0 aliphatic heterocycles. The number of ether oxygens (including phenoxy) is 1. The Balaban J connectivity index is 0.00000544. The fraction of sp³-hybridized carbons (Fsp3) is 0.391. The SMILES string of the molecule is CN(N)C(=N)/C(=N\OCc1cccc(NC(=O)CCCOC(C)(C)C)n1)c1ccccc1.N. The number of pyridine rings is 1. The molecule has 0 atom stereocenters. The van der Waals surface area contributed by atoms with Crippen LogP contribution in [-0.4, -0.2) is 46.7 Å². The van der Waals surface area contributed by atoms with Gasteiger partial charge in [0.2, 0.25) is 5.91 Å². The highest BCUT2D eigenvalue weighted by molar-refractivity contribution is 6.46. The molecular formula is C23H35N7O3. The van der Waals surface area contributed by atoms with Crippen LogP contribution in [0.4, 0.5) is 5.82 Å². The summed E-state index contributed by atoms with van der Waals surface area (Å²) in [4.78, 5) is 22.0. The first-order chi connectivity index (χ1) is 15.2. The molecule has 2 aromatic rings. The van der Waals surface area contributed by atoms with Crippen molar-refractivity contribution < 1.29 is 14.4 Å². The highest BCUT2D eigenvalue weighted by Gasteiger charge is 2.14. The number of nitrogens with one attached hydrogen (secondary N) is 2. The number of hydrazine groups is 1. The molecule has 1 aromatic heterocycles. The van der Waals surface area contributed by atoms with E-state index in [1.165, 1.54) is 0 Å². The number of oxime groups is 1. The van der Waals surface area contributed by atoms with Crippen LogP contribution >= 0.6 is 0 Å². The van der Waals surface area contributed by atoms with Crippen molar-refractivity contribution in [1.82, 2.24) is 16.1 Å². The van der Waals surface area contributed by atoms with E-state index in [1.54, 1.807) is 25.2 Å². The molecule has 2 rings (SSSR count). The van der Waals surface area contributed by atoms with Crippen LogP contribution < -0.4 is 17.3 Å². The Morgan fingerprint density at radius 2 is 1.88 bits per heavy atom. The zero-order chi connectivity index (χ0) is 23.6. The number of anilines is 1. The van der Waals surface area contributed by atoms with Gasteiger partial charge in [0.05, 0.1) is 11.3 Å². The third kappa shape index (κ3) is 10.2. The summed E-state index contributed by atoms with van der Waals surface area (Å²) < 4.78 is 5.63. The zero-order valence-corrected chi connectivity index (χ0v) is 19.8. The Morgan fingerprint density at radius 1 is 1.18 bits per heavy atom. The van der Waals surface area contributed by atoms with Gasteiger partial charge < -0.3 is 21.0 Å². The second-order valence-electron chi connectivity index (χ2n) is 8.17. The Hall–Kier alpha value is -3.34. The second-order valence-corrected chi connectivity index (χ2v) is 8.17. The average molecular weight is 458 g/mol. The minimum atomic E-state index is -0.215. The fourth-order valence-corrected chi connectivity index (χ4v) is 2.60. The third-order valence-electron chi connectivity index (χ3n) is 4.15. The van der Waals surface area contributed by atoms with Gasteiger partial charge in [-0.1, -0.05) is 41.6 Å². The molecule has 0 aliphatic carbocycles. The Labute approximate surface area is 195 Å². The van der Waals surface area contributed by atoms with Gasteiger partial charge in [-0.25, -0.2) is 10.8 Å². The normalized spacial score (nSPS) is 11.4. The van der Waals surface area contributed by atoms with Crippen LogP contribution in [0.15, 0.2) is 53.7 Å². The van der Waals surface area contributed by atoms with E-state index >= 15 is 0 Å². The standard InChI is InChI=1S/C23H32N6O3.H3N/c1-23(2,3)31-15-9-14-20(30)27-19-13-8-12-18(26-19)16-32-28-21(22(24)29(4)25)17-10-6-5-7-11-17;/h5-8,10-13,24H,9,14-16,25H2,1-4H3,(H,26,27,30);1H3/b24-22?,28-21-;. The van der Waals surface area contributed by atoms with Crippen molar-refractivity contribution in [3.05, 3.63) is 59.8 Å². The lowest BCUT2D eigenvalue weighted by Gasteiger charge is -2.19. The summed E-state index contributed by atoms with van der Waals surface area (Å²) in [7, 11) is 1.56. The van der Waals surface area contributed by atoms with Crippen molar-refractivity contribution in [1.29, 1.82) is 5.41 Å². The Kier molecular flexibility index (Phi) is 11.1. The van der Waals surface area contributed by atoms with Gasteiger partial charge in [-0.2, -0.15) is 0 Å². The average Bonchev–Trinajstić information content (AvgIpc) is 2.74. The largest absolute Gasteiger partial charge is 0.389 e. The highest BCUT2D eigenvalue weighted by atomic mass is 16.6. The molecule has 0 saturated carbocycles. The minimum Gasteiger partial charge on any atom is -0.389 e. The number of likely N-dealkylation sites (N-methyl/N-ethyl adjacent to an activating group) is 1. The number of benzene rings is 1. The number of hydrogen-bond donors (Lipinski definition) is 4. The maximum Gasteiger partial charge on any atom is 0.225 e. The van der Waals surface area contributed by atoms with Gasteiger partial charge in [-0.05, 0) is 39.3 Å². The summed E-state index contributed by atoms with van der Waals surface area (Å²) in [5.41, 5.74) is 1.38. The first kappa shape index (κ1) is 27.7. The van der Waals surface area contributed by atoms with Crippen LogP contribution in [0.25, 0.3) is 0 Å². The van der Waals surface area contributed by atoms with E-state index < -0.39 is 0 Å². The van der Waals surface area contributed by atoms with Crippen molar-refractivity contribution in [2.45, 2.75) is 45.8 Å². The Bertz CT molecular complexity index is 925. The molecule has 10 nitrogen and oxygen atoms in total. The maximum absolute atomic E-state index is 12.1. The first-order valence-corrected chi connectivity index (χ1v) is 10.4. The van der Waals surface area contributed by atoms with Gasteiger partial charge in [0.25, 0.3) is 0 Å². The van der Waals surface area contributed by atoms with Crippen molar-refractivity contribution in [3.63, 3.8) is 0 Å². The molecule has 0 bridgehead atoms.